The smallest absolute Gasteiger partial charge is 0.317 e. The van der Waals surface area contributed by atoms with Crippen LogP contribution in [0.2, 0.25) is 0 Å². The van der Waals surface area contributed by atoms with Crippen LogP contribution in [0.1, 0.15) is 31.2 Å². The molecule has 0 saturated heterocycles. The number of amides is 2. The number of aliphatic carboxylic acids is 1. The number of methoxy groups -OCH3 is 1. The van der Waals surface area contributed by atoms with Crippen LogP contribution in [0.25, 0.3) is 0 Å². The summed E-state index contributed by atoms with van der Waals surface area (Å²) >= 11 is 0. The Morgan fingerprint density at radius 1 is 1.11 bits per heavy atom. The molecule has 7 heteroatoms. The predicted octanol–water partition coefficient (Wildman–Crippen LogP) is 2.50. The second-order valence-corrected chi connectivity index (χ2v) is 6.85. The SMILES string of the molecule is COCCOCCN(Cc1ccccc1)C(=O)NC1CCC(C(=O)O)CC1. The largest absolute Gasteiger partial charge is 0.481 e. The highest BCUT2D eigenvalue weighted by Gasteiger charge is 2.27. The molecule has 2 N–H and O–H groups in total. The van der Waals surface area contributed by atoms with Gasteiger partial charge in [0.25, 0.3) is 0 Å². The zero-order chi connectivity index (χ0) is 19.5. The molecule has 1 fully saturated rings. The number of nitrogens with zero attached hydrogens (tertiary/aromatic N) is 1. The predicted molar refractivity (Wildman–Crippen MR) is 101 cm³/mol. The first-order valence-electron chi connectivity index (χ1n) is 9.49. The summed E-state index contributed by atoms with van der Waals surface area (Å²) in [6, 6.07) is 9.73. The van der Waals surface area contributed by atoms with Crippen LogP contribution in [0, 0.1) is 5.92 Å². The topological polar surface area (TPSA) is 88.1 Å². The fraction of sp³-hybridized carbons (Fsp3) is 0.600. The van der Waals surface area contributed by atoms with E-state index in [2.05, 4.69) is 5.32 Å². The lowest BCUT2D eigenvalue weighted by Crippen LogP contribution is -2.47. The minimum atomic E-state index is -0.737. The third kappa shape index (κ3) is 7.56. The van der Waals surface area contributed by atoms with E-state index in [-0.39, 0.29) is 18.0 Å². The van der Waals surface area contributed by atoms with Gasteiger partial charge in [0, 0.05) is 26.2 Å². The summed E-state index contributed by atoms with van der Waals surface area (Å²) < 4.78 is 10.5. The van der Waals surface area contributed by atoms with Crippen molar-refractivity contribution in [1.29, 1.82) is 0 Å². The highest BCUT2D eigenvalue weighted by atomic mass is 16.5. The normalized spacial score (nSPS) is 19.4. The van der Waals surface area contributed by atoms with Gasteiger partial charge in [0.05, 0.1) is 25.7 Å². The van der Waals surface area contributed by atoms with Crippen molar-refractivity contribution >= 4 is 12.0 Å². The number of benzene rings is 1. The summed E-state index contributed by atoms with van der Waals surface area (Å²) in [7, 11) is 1.62. The molecule has 0 radical (unpaired) electrons. The molecule has 1 aliphatic rings. The summed E-state index contributed by atoms with van der Waals surface area (Å²) in [5.74, 6) is -1.02. The molecular weight excluding hydrogens is 348 g/mol. The lowest BCUT2D eigenvalue weighted by atomic mass is 9.86. The molecule has 0 spiro atoms. The van der Waals surface area contributed by atoms with Crippen LogP contribution in [0.4, 0.5) is 4.79 Å². The van der Waals surface area contributed by atoms with Gasteiger partial charge in [-0.15, -0.1) is 0 Å². The van der Waals surface area contributed by atoms with Crippen molar-refractivity contribution in [3.63, 3.8) is 0 Å². The van der Waals surface area contributed by atoms with Crippen LogP contribution in [0.15, 0.2) is 30.3 Å². The molecule has 0 heterocycles. The van der Waals surface area contributed by atoms with Gasteiger partial charge in [-0.25, -0.2) is 4.79 Å². The van der Waals surface area contributed by atoms with Crippen molar-refractivity contribution in [1.82, 2.24) is 10.2 Å². The van der Waals surface area contributed by atoms with Crippen LogP contribution in [-0.2, 0) is 20.8 Å². The first-order valence-corrected chi connectivity index (χ1v) is 9.49. The van der Waals surface area contributed by atoms with Crippen molar-refractivity contribution in [2.24, 2.45) is 5.92 Å². The van der Waals surface area contributed by atoms with E-state index in [1.807, 2.05) is 30.3 Å². The second kappa shape index (κ2) is 11.6. The van der Waals surface area contributed by atoms with Gasteiger partial charge in [0.2, 0.25) is 0 Å². The van der Waals surface area contributed by atoms with E-state index in [9.17, 15) is 9.59 Å². The number of carboxylic acids is 1. The van der Waals surface area contributed by atoms with Gasteiger partial charge in [0.15, 0.2) is 0 Å². The average molecular weight is 378 g/mol. The van der Waals surface area contributed by atoms with E-state index >= 15 is 0 Å². The lowest BCUT2D eigenvalue weighted by molar-refractivity contribution is -0.142. The van der Waals surface area contributed by atoms with Crippen molar-refractivity contribution < 1.29 is 24.2 Å². The van der Waals surface area contributed by atoms with Gasteiger partial charge in [-0.1, -0.05) is 30.3 Å². The number of hydrogen-bond donors (Lipinski definition) is 2. The lowest BCUT2D eigenvalue weighted by Gasteiger charge is -2.30. The summed E-state index contributed by atoms with van der Waals surface area (Å²) in [6.45, 7) is 2.45. The summed E-state index contributed by atoms with van der Waals surface area (Å²) in [6.07, 6.45) is 2.62. The third-order valence-electron chi connectivity index (χ3n) is 4.84. The standard InChI is InChI=1S/C20H30N2O5/c1-26-13-14-27-12-11-22(15-16-5-3-2-4-6-16)20(25)21-18-9-7-17(8-10-18)19(23)24/h2-6,17-18H,7-15H2,1H3,(H,21,25)(H,23,24). The highest BCUT2D eigenvalue weighted by Crippen LogP contribution is 2.24. The average Bonchev–Trinajstić information content (AvgIpc) is 2.68. The Kier molecular flexibility index (Phi) is 9.07. The Hall–Kier alpha value is -2.12. The molecule has 2 rings (SSSR count). The summed E-state index contributed by atoms with van der Waals surface area (Å²) in [4.78, 5) is 25.6. The summed E-state index contributed by atoms with van der Waals surface area (Å²) in [5, 5.41) is 12.2. The van der Waals surface area contributed by atoms with Gasteiger partial charge in [-0.05, 0) is 31.2 Å². The van der Waals surface area contributed by atoms with Gasteiger partial charge >= 0.3 is 12.0 Å². The molecule has 0 aromatic heterocycles. The molecule has 150 valence electrons. The molecule has 0 atom stereocenters. The first-order chi connectivity index (χ1) is 13.1. The third-order valence-corrected chi connectivity index (χ3v) is 4.84. The monoisotopic (exact) mass is 378 g/mol. The van der Waals surface area contributed by atoms with Crippen molar-refractivity contribution in [2.45, 2.75) is 38.3 Å². The number of hydrogen-bond acceptors (Lipinski definition) is 4. The second-order valence-electron chi connectivity index (χ2n) is 6.85. The van der Waals surface area contributed by atoms with Crippen LogP contribution in [-0.4, -0.2) is 61.5 Å². The molecule has 1 aliphatic carbocycles. The first kappa shape index (κ1) is 21.2. The number of rotatable bonds is 10. The van der Waals surface area contributed by atoms with Crippen molar-refractivity contribution in [3.05, 3.63) is 35.9 Å². The molecule has 1 saturated carbocycles. The van der Waals surface area contributed by atoms with Crippen LogP contribution in [0.3, 0.4) is 0 Å². The van der Waals surface area contributed by atoms with E-state index in [1.54, 1.807) is 12.0 Å². The van der Waals surface area contributed by atoms with Crippen LogP contribution < -0.4 is 5.32 Å². The number of carbonyl (C=O) groups excluding carboxylic acids is 1. The van der Waals surface area contributed by atoms with Crippen LogP contribution >= 0.6 is 0 Å². The van der Waals surface area contributed by atoms with Crippen molar-refractivity contribution in [3.8, 4) is 0 Å². The maximum absolute atomic E-state index is 12.8. The molecular formula is C20H30N2O5. The van der Waals surface area contributed by atoms with Gasteiger partial charge < -0.3 is 24.8 Å². The fourth-order valence-corrected chi connectivity index (χ4v) is 3.23. The minimum absolute atomic E-state index is 0.0285. The Morgan fingerprint density at radius 2 is 1.81 bits per heavy atom. The number of ether oxygens (including phenoxy) is 2. The molecule has 2 amide bonds. The zero-order valence-corrected chi connectivity index (χ0v) is 15.9. The molecule has 0 aliphatic heterocycles. The van der Waals surface area contributed by atoms with E-state index in [0.717, 1.165) is 5.56 Å². The van der Waals surface area contributed by atoms with Gasteiger partial charge in [0.1, 0.15) is 0 Å². The van der Waals surface area contributed by atoms with Gasteiger partial charge in [-0.3, -0.25) is 4.79 Å². The molecule has 1 aromatic rings. The highest BCUT2D eigenvalue weighted by molar-refractivity contribution is 5.74. The molecule has 0 bridgehead atoms. The van der Waals surface area contributed by atoms with Gasteiger partial charge in [-0.2, -0.15) is 0 Å². The summed E-state index contributed by atoms with van der Waals surface area (Å²) in [5.41, 5.74) is 1.05. The van der Waals surface area contributed by atoms with Crippen molar-refractivity contribution in [2.75, 3.05) is 33.5 Å². The number of carbonyl (C=O) groups is 2. The van der Waals surface area contributed by atoms with E-state index in [1.165, 1.54) is 0 Å². The number of nitrogens with one attached hydrogen (secondary N) is 1. The van der Waals surface area contributed by atoms with E-state index < -0.39 is 5.97 Å². The van der Waals surface area contributed by atoms with E-state index in [0.29, 0.717) is 58.6 Å². The Morgan fingerprint density at radius 3 is 2.44 bits per heavy atom. The Bertz CT molecular complexity index is 573. The quantitative estimate of drug-likeness (QED) is 0.611. The Balaban J connectivity index is 1.86. The molecule has 0 unspecified atom stereocenters. The molecule has 1 aromatic carbocycles. The number of carboxylic acid groups (broad SMARTS) is 1. The Labute approximate surface area is 160 Å². The maximum atomic E-state index is 12.8. The number of urea groups is 1. The fourth-order valence-electron chi connectivity index (χ4n) is 3.23. The van der Waals surface area contributed by atoms with E-state index in [4.69, 9.17) is 14.6 Å². The maximum Gasteiger partial charge on any atom is 0.317 e. The molecule has 7 nitrogen and oxygen atoms in total. The zero-order valence-electron chi connectivity index (χ0n) is 15.9. The molecule has 27 heavy (non-hydrogen) atoms. The minimum Gasteiger partial charge on any atom is -0.481 e. The van der Waals surface area contributed by atoms with Crippen LogP contribution in [0.5, 0.6) is 0 Å².